The molecule has 0 fully saturated rings. The van der Waals surface area contributed by atoms with E-state index in [2.05, 4.69) is 20.5 Å². The van der Waals surface area contributed by atoms with Gasteiger partial charge in [-0.1, -0.05) is 11.6 Å². The second-order valence-corrected chi connectivity index (χ2v) is 4.94. The summed E-state index contributed by atoms with van der Waals surface area (Å²) in [6.45, 7) is 0. The molecule has 2 heterocycles. The summed E-state index contributed by atoms with van der Waals surface area (Å²) in [6.07, 6.45) is 5.69. The number of rotatable bonds is 4. The SMILES string of the molecule is O=C(NN=Cc1ccc(-c2ccc(Cl)cc2)o1)c1cnccn1. The van der Waals surface area contributed by atoms with Gasteiger partial charge in [0, 0.05) is 23.0 Å². The number of hydrogen-bond acceptors (Lipinski definition) is 5. The lowest BCUT2D eigenvalue weighted by atomic mass is 10.2. The fourth-order valence-electron chi connectivity index (χ4n) is 1.82. The first kappa shape index (κ1) is 14.9. The number of amides is 1. The third kappa shape index (κ3) is 3.81. The van der Waals surface area contributed by atoms with Gasteiger partial charge in [0.2, 0.25) is 0 Å². The van der Waals surface area contributed by atoms with E-state index in [1.165, 1.54) is 24.8 Å². The predicted octanol–water partition coefficient (Wildman–Crippen LogP) is 3.15. The number of halogens is 1. The lowest BCUT2D eigenvalue weighted by molar-refractivity contribution is 0.0949. The molecule has 1 amide bonds. The van der Waals surface area contributed by atoms with E-state index < -0.39 is 5.91 Å². The number of carbonyl (C=O) groups excluding carboxylic acids is 1. The fraction of sp³-hybridized carbons (Fsp3) is 0. The van der Waals surface area contributed by atoms with E-state index in [-0.39, 0.29) is 5.69 Å². The number of aromatic nitrogens is 2. The van der Waals surface area contributed by atoms with Crippen LogP contribution >= 0.6 is 11.6 Å². The van der Waals surface area contributed by atoms with Crippen molar-refractivity contribution >= 4 is 23.7 Å². The number of hydrazone groups is 1. The van der Waals surface area contributed by atoms with E-state index in [9.17, 15) is 4.79 Å². The molecule has 1 aromatic carbocycles. The first-order valence-electron chi connectivity index (χ1n) is 6.67. The first-order valence-corrected chi connectivity index (χ1v) is 7.05. The van der Waals surface area contributed by atoms with E-state index in [0.29, 0.717) is 16.5 Å². The standard InChI is InChI=1S/C16H11ClN4O2/c17-12-3-1-11(2-4-12)15-6-5-13(23-15)9-20-21-16(22)14-10-18-7-8-19-14/h1-10H,(H,21,22). The highest BCUT2D eigenvalue weighted by atomic mass is 35.5. The van der Waals surface area contributed by atoms with Gasteiger partial charge >= 0.3 is 0 Å². The summed E-state index contributed by atoms with van der Waals surface area (Å²) in [5.74, 6) is 0.747. The Labute approximate surface area is 136 Å². The number of nitrogens with one attached hydrogen (secondary N) is 1. The molecule has 0 radical (unpaired) electrons. The predicted molar refractivity (Wildman–Crippen MR) is 86.2 cm³/mol. The zero-order valence-electron chi connectivity index (χ0n) is 11.8. The third-order valence-corrected chi connectivity index (χ3v) is 3.16. The number of furan rings is 1. The molecule has 0 saturated carbocycles. The van der Waals surface area contributed by atoms with Crippen LogP contribution in [0.15, 0.2) is 64.5 Å². The van der Waals surface area contributed by atoms with E-state index >= 15 is 0 Å². The molecule has 7 heteroatoms. The smallest absolute Gasteiger partial charge is 0.291 e. The van der Waals surface area contributed by atoms with Crippen LogP contribution in [0.1, 0.15) is 16.2 Å². The summed E-state index contributed by atoms with van der Waals surface area (Å²) in [5.41, 5.74) is 3.44. The van der Waals surface area contributed by atoms with Crippen LogP contribution in [0.25, 0.3) is 11.3 Å². The average Bonchev–Trinajstić information content (AvgIpc) is 3.05. The van der Waals surface area contributed by atoms with Gasteiger partial charge in [-0.2, -0.15) is 5.10 Å². The molecule has 0 bridgehead atoms. The molecule has 114 valence electrons. The van der Waals surface area contributed by atoms with Gasteiger partial charge in [0.25, 0.3) is 5.91 Å². The summed E-state index contributed by atoms with van der Waals surface area (Å²) in [7, 11) is 0. The minimum Gasteiger partial charge on any atom is -0.455 e. The van der Waals surface area contributed by atoms with Crippen LogP contribution in [0.4, 0.5) is 0 Å². The van der Waals surface area contributed by atoms with Gasteiger partial charge in [0.15, 0.2) is 0 Å². The molecule has 0 unspecified atom stereocenters. The Morgan fingerprint density at radius 1 is 1.17 bits per heavy atom. The maximum Gasteiger partial charge on any atom is 0.291 e. The minimum atomic E-state index is -0.446. The van der Waals surface area contributed by atoms with E-state index in [1.54, 1.807) is 18.2 Å². The molecule has 3 rings (SSSR count). The van der Waals surface area contributed by atoms with Crippen molar-refractivity contribution in [2.24, 2.45) is 5.10 Å². The van der Waals surface area contributed by atoms with Crippen molar-refractivity contribution in [3.05, 3.63) is 71.5 Å². The quantitative estimate of drug-likeness (QED) is 0.590. The highest BCUT2D eigenvalue weighted by molar-refractivity contribution is 6.30. The van der Waals surface area contributed by atoms with Crippen LogP contribution in [-0.4, -0.2) is 22.1 Å². The van der Waals surface area contributed by atoms with Crippen LogP contribution in [0.2, 0.25) is 5.02 Å². The Balaban J connectivity index is 1.65. The lowest BCUT2D eigenvalue weighted by Crippen LogP contribution is -2.18. The molecular weight excluding hydrogens is 316 g/mol. The molecule has 1 N–H and O–H groups in total. The van der Waals surface area contributed by atoms with Crippen molar-refractivity contribution in [1.29, 1.82) is 0 Å². The molecule has 6 nitrogen and oxygen atoms in total. The largest absolute Gasteiger partial charge is 0.455 e. The Kier molecular flexibility index (Phi) is 4.44. The van der Waals surface area contributed by atoms with Crippen LogP contribution in [0, 0.1) is 0 Å². The number of nitrogens with zero attached hydrogens (tertiary/aromatic N) is 3. The number of carbonyl (C=O) groups is 1. The monoisotopic (exact) mass is 326 g/mol. The molecule has 0 aliphatic carbocycles. The molecule has 2 aromatic heterocycles. The molecule has 0 spiro atoms. The van der Waals surface area contributed by atoms with Gasteiger partial charge in [0.05, 0.1) is 12.4 Å². The van der Waals surface area contributed by atoms with Gasteiger partial charge in [-0.25, -0.2) is 10.4 Å². The number of hydrogen-bond donors (Lipinski definition) is 1. The Morgan fingerprint density at radius 3 is 2.74 bits per heavy atom. The summed E-state index contributed by atoms with van der Waals surface area (Å²) >= 11 is 5.85. The Morgan fingerprint density at radius 2 is 2.00 bits per heavy atom. The fourth-order valence-corrected chi connectivity index (χ4v) is 1.95. The van der Waals surface area contributed by atoms with Crippen molar-refractivity contribution < 1.29 is 9.21 Å². The summed E-state index contributed by atoms with van der Waals surface area (Å²) in [6, 6.07) is 10.9. The Hall–Kier alpha value is -2.99. The molecule has 0 aliphatic heterocycles. The molecule has 3 aromatic rings. The molecule has 0 saturated heterocycles. The lowest BCUT2D eigenvalue weighted by Gasteiger charge is -1.97. The van der Waals surface area contributed by atoms with Crippen LogP contribution in [0.3, 0.4) is 0 Å². The van der Waals surface area contributed by atoms with Crippen LogP contribution < -0.4 is 5.43 Å². The van der Waals surface area contributed by atoms with Crippen LogP contribution in [0.5, 0.6) is 0 Å². The average molecular weight is 327 g/mol. The van der Waals surface area contributed by atoms with Crippen molar-refractivity contribution in [2.75, 3.05) is 0 Å². The van der Waals surface area contributed by atoms with Gasteiger partial charge in [-0.05, 0) is 36.4 Å². The summed E-state index contributed by atoms with van der Waals surface area (Å²) < 4.78 is 5.63. The van der Waals surface area contributed by atoms with Crippen molar-refractivity contribution in [3.63, 3.8) is 0 Å². The second-order valence-electron chi connectivity index (χ2n) is 4.50. The van der Waals surface area contributed by atoms with E-state index in [1.807, 2.05) is 18.2 Å². The highest BCUT2D eigenvalue weighted by Crippen LogP contribution is 2.23. The zero-order valence-corrected chi connectivity index (χ0v) is 12.6. The third-order valence-electron chi connectivity index (χ3n) is 2.91. The Bertz CT molecular complexity index is 829. The molecule has 0 aliphatic rings. The summed E-state index contributed by atoms with van der Waals surface area (Å²) in [4.78, 5) is 19.4. The molecular formula is C16H11ClN4O2. The summed E-state index contributed by atoms with van der Waals surface area (Å²) in [5, 5.41) is 4.49. The van der Waals surface area contributed by atoms with Crippen LogP contribution in [-0.2, 0) is 0 Å². The van der Waals surface area contributed by atoms with E-state index in [4.69, 9.17) is 16.0 Å². The minimum absolute atomic E-state index is 0.186. The van der Waals surface area contributed by atoms with Crippen molar-refractivity contribution in [2.45, 2.75) is 0 Å². The van der Waals surface area contributed by atoms with Gasteiger partial charge < -0.3 is 4.42 Å². The number of benzene rings is 1. The highest BCUT2D eigenvalue weighted by Gasteiger charge is 2.06. The molecule has 23 heavy (non-hydrogen) atoms. The van der Waals surface area contributed by atoms with Gasteiger partial charge in [0.1, 0.15) is 17.2 Å². The van der Waals surface area contributed by atoms with Crippen molar-refractivity contribution in [3.8, 4) is 11.3 Å². The topological polar surface area (TPSA) is 80.4 Å². The normalized spacial score (nSPS) is 10.8. The zero-order chi connectivity index (χ0) is 16.1. The maximum atomic E-state index is 11.7. The second kappa shape index (κ2) is 6.85. The van der Waals surface area contributed by atoms with E-state index in [0.717, 1.165) is 5.56 Å². The van der Waals surface area contributed by atoms with Gasteiger partial charge in [-0.3, -0.25) is 9.78 Å². The van der Waals surface area contributed by atoms with Crippen molar-refractivity contribution in [1.82, 2.24) is 15.4 Å². The first-order chi connectivity index (χ1) is 11.2. The molecule has 0 atom stereocenters. The maximum absolute atomic E-state index is 11.7. The van der Waals surface area contributed by atoms with Gasteiger partial charge in [-0.15, -0.1) is 0 Å².